The SMILES string of the molecule is Nc1ccccc1C(=O)c1ccccc1.O=C(O)C1CCCN1. The predicted molar refractivity (Wildman–Crippen MR) is 89.4 cm³/mol. The molecule has 2 aromatic rings. The van der Waals surface area contributed by atoms with Gasteiger partial charge in [-0.15, -0.1) is 0 Å². The Morgan fingerprint density at radius 3 is 2.22 bits per heavy atom. The maximum absolute atomic E-state index is 12.0. The van der Waals surface area contributed by atoms with Crippen molar-refractivity contribution in [3.8, 4) is 0 Å². The Bertz CT molecular complexity index is 665. The molecule has 1 aliphatic heterocycles. The van der Waals surface area contributed by atoms with Crippen molar-refractivity contribution in [2.45, 2.75) is 18.9 Å². The van der Waals surface area contributed by atoms with E-state index < -0.39 is 5.97 Å². The van der Waals surface area contributed by atoms with Crippen LogP contribution in [0.1, 0.15) is 28.8 Å². The first-order chi connectivity index (χ1) is 11.1. The van der Waals surface area contributed by atoms with Gasteiger partial charge in [0.1, 0.15) is 6.04 Å². The van der Waals surface area contributed by atoms with Crippen molar-refractivity contribution in [3.05, 3.63) is 65.7 Å². The number of rotatable bonds is 3. The highest BCUT2D eigenvalue weighted by atomic mass is 16.4. The smallest absolute Gasteiger partial charge is 0.320 e. The molecule has 0 spiro atoms. The fraction of sp³-hybridized carbons (Fsp3) is 0.222. The van der Waals surface area contributed by atoms with Crippen LogP contribution in [0.5, 0.6) is 0 Å². The van der Waals surface area contributed by atoms with Crippen LogP contribution in [0.25, 0.3) is 0 Å². The summed E-state index contributed by atoms with van der Waals surface area (Å²) in [6.45, 7) is 0.858. The number of nitrogens with two attached hydrogens (primary N) is 1. The number of carbonyl (C=O) groups is 2. The summed E-state index contributed by atoms with van der Waals surface area (Å²) in [5.74, 6) is -0.754. The molecule has 0 saturated carbocycles. The molecule has 120 valence electrons. The van der Waals surface area contributed by atoms with E-state index in [1.54, 1.807) is 24.3 Å². The van der Waals surface area contributed by atoms with E-state index in [-0.39, 0.29) is 11.8 Å². The van der Waals surface area contributed by atoms with E-state index in [0.29, 0.717) is 16.8 Å². The van der Waals surface area contributed by atoms with Gasteiger partial charge < -0.3 is 16.2 Å². The molecule has 23 heavy (non-hydrogen) atoms. The molecule has 2 aromatic carbocycles. The van der Waals surface area contributed by atoms with Gasteiger partial charge in [-0.25, -0.2) is 0 Å². The topological polar surface area (TPSA) is 92.4 Å². The Kier molecular flexibility index (Phi) is 5.88. The molecular weight excluding hydrogens is 292 g/mol. The van der Waals surface area contributed by atoms with E-state index in [9.17, 15) is 9.59 Å². The lowest BCUT2D eigenvalue weighted by Gasteiger charge is -2.03. The summed E-state index contributed by atoms with van der Waals surface area (Å²) in [5.41, 5.74) is 7.48. The standard InChI is InChI=1S/C13H11NO.C5H9NO2/c14-12-9-5-4-8-11(12)13(15)10-6-2-1-3-7-10;7-5(8)4-2-1-3-6-4/h1-9H,14H2;4,6H,1-3H2,(H,7,8). The summed E-state index contributed by atoms with van der Waals surface area (Å²) in [5, 5.41) is 11.2. The maximum Gasteiger partial charge on any atom is 0.320 e. The molecule has 1 heterocycles. The van der Waals surface area contributed by atoms with Crippen molar-refractivity contribution in [2.75, 3.05) is 12.3 Å². The minimum Gasteiger partial charge on any atom is -0.480 e. The Labute approximate surface area is 135 Å². The normalized spacial score (nSPS) is 16.3. The van der Waals surface area contributed by atoms with Crippen molar-refractivity contribution < 1.29 is 14.7 Å². The van der Waals surface area contributed by atoms with Crippen molar-refractivity contribution in [1.82, 2.24) is 5.32 Å². The molecule has 1 aliphatic rings. The molecule has 4 N–H and O–H groups in total. The molecule has 0 aliphatic carbocycles. The van der Waals surface area contributed by atoms with Gasteiger partial charge in [0.05, 0.1) is 0 Å². The highest BCUT2D eigenvalue weighted by Crippen LogP contribution is 2.15. The van der Waals surface area contributed by atoms with Gasteiger partial charge in [-0.2, -0.15) is 0 Å². The van der Waals surface area contributed by atoms with Crippen LogP contribution in [0.2, 0.25) is 0 Å². The number of hydrogen-bond donors (Lipinski definition) is 3. The van der Waals surface area contributed by atoms with E-state index in [1.165, 1.54) is 0 Å². The molecule has 1 fully saturated rings. The van der Waals surface area contributed by atoms with Gasteiger partial charge in [0.25, 0.3) is 0 Å². The van der Waals surface area contributed by atoms with Gasteiger partial charge in [0.15, 0.2) is 5.78 Å². The number of hydrogen-bond acceptors (Lipinski definition) is 4. The summed E-state index contributed by atoms with van der Waals surface area (Å²) < 4.78 is 0. The van der Waals surface area contributed by atoms with Crippen molar-refractivity contribution in [3.63, 3.8) is 0 Å². The summed E-state index contributed by atoms with van der Waals surface area (Å²) in [4.78, 5) is 22.1. The third-order valence-electron chi connectivity index (χ3n) is 3.60. The molecular formula is C18H20N2O3. The number of aliphatic carboxylic acids is 1. The van der Waals surface area contributed by atoms with Crippen LogP contribution in [-0.4, -0.2) is 29.4 Å². The zero-order valence-corrected chi connectivity index (χ0v) is 12.7. The molecule has 5 heteroatoms. The number of benzene rings is 2. The summed E-state index contributed by atoms with van der Waals surface area (Å²) in [7, 11) is 0. The largest absolute Gasteiger partial charge is 0.480 e. The number of anilines is 1. The van der Waals surface area contributed by atoms with E-state index >= 15 is 0 Å². The monoisotopic (exact) mass is 312 g/mol. The fourth-order valence-corrected chi connectivity index (χ4v) is 2.34. The highest BCUT2D eigenvalue weighted by molar-refractivity contribution is 6.11. The first-order valence-electron chi connectivity index (χ1n) is 7.50. The average molecular weight is 312 g/mol. The molecule has 1 unspecified atom stereocenters. The van der Waals surface area contributed by atoms with Crippen LogP contribution in [0.15, 0.2) is 54.6 Å². The van der Waals surface area contributed by atoms with E-state index in [0.717, 1.165) is 19.4 Å². The number of carboxylic acids is 1. The predicted octanol–water partition coefficient (Wildman–Crippen LogP) is 2.32. The molecule has 0 aromatic heterocycles. The Morgan fingerprint density at radius 1 is 1.04 bits per heavy atom. The van der Waals surface area contributed by atoms with Crippen LogP contribution < -0.4 is 11.1 Å². The van der Waals surface area contributed by atoms with E-state index in [1.807, 2.05) is 30.3 Å². The number of nitrogen functional groups attached to an aromatic ring is 1. The van der Waals surface area contributed by atoms with Crippen molar-refractivity contribution in [1.29, 1.82) is 0 Å². The van der Waals surface area contributed by atoms with Crippen molar-refractivity contribution >= 4 is 17.4 Å². The third-order valence-corrected chi connectivity index (χ3v) is 3.60. The second-order valence-electron chi connectivity index (χ2n) is 5.27. The lowest BCUT2D eigenvalue weighted by Crippen LogP contribution is -2.29. The zero-order valence-electron chi connectivity index (χ0n) is 12.7. The first kappa shape index (κ1) is 16.7. The van der Waals surface area contributed by atoms with Crippen LogP contribution in [-0.2, 0) is 4.79 Å². The number of carbonyl (C=O) groups excluding carboxylic acids is 1. The second kappa shape index (κ2) is 8.10. The maximum atomic E-state index is 12.0. The van der Waals surface area contributed by atoms with E-state index in [2.05, 4.69) is 5.32 Å². The van der Waals surface area contributed by atoms with Gasteiger partial charge >= 0.3 is 5.97 Å². The molecule has 0 bridgehead atoms. The molecule has 5 nitrogen and oxygen atoms in total. The highest BCUT2D eigenvalue weighted by Gasteiger charge is 2.20. The van der Waals surface area contributed by atoms with Gasteiger partial charge in [0, 0.05) is 16.8 Å². The van der Waals surface area contributed by atoms with Gasteiger partial charge in [-0.1, -0.05) is 42.5 Å². The number of para-hydroxylation sites is 1. The number of nitrogens with one attached hydrogen (secondary N) is 1. The second-order valence-corrected chi connectivity index (χ2v) is 5.27. The fourth-order valence-electron chi connectivity index (χ4n) is 2.34. The lowest BCUT2D eigenvalue weighted by molar-refractivity contribution is -0.139. The zero-order chi connectivity index (χ0) is 16.7. The van der Waals surface area contributed by atoms with Crippen LogP contribution >= 0.6 is 0 Å². The number of carboxylic acid groups (broad SMARTS) is 1. The Hall–Kier alpha value is -2.66. The summed E-state index contributed by atoms with van der Waals surface area (Å²) in [6, 6.07) is 16.0. The first-order valence-corrected chi connectivity index (χ1v) is 7.50. The van der Waals surface area contributed by atoms with Crippen molar-refractivity contribution in [2.24, 2.45) is 0 Å². The van der Waals surface area contributed by atoms with Gasteiger partial charge in [-0.3, -0.25) is 9.59 Å². The quantitative estimate of drug-likeness (QED) is 0.597. The molecule has 0 radical (unpaired) electrons. The Morgan fingerprint density at radius 2 is 1.70 bits per heavy atom. The lowest BCUT2D eigenvalue weighted by atomic mass is 10.0. The van der Waals surface area contributed by atoms with Crippen LogP contribution in [0.4, 0.5) is 5.69 Å². The Balaban J connectivity index is 0.000000203. The summed E-state index contributed by atoms with van der Waals surface area (Å²) in [6.07, 6.45) is 1.78. The van der Waals surface area contributed by atoms with Gasteiger partial charge in [0.2, 0.25) is 0 Å². The summed E-state index contributed by atoms with van der Waals surface area (Å²) >= 11 is 0. The third kappa shape index (κ3) is 4.66. The van der Waals surface area contributed by atoms with Gasteiger partial charge in [-0.05, 0) is 31.5 Å². The molecule has 1 saturated heterocycles. The van der Waals surface area contributed by atoms with E-state index in [4.69, 9.17) is 10.8 Å². The molecule has 0 amide bonds. The molecule has 3 rings (SSSR count). The minimum atomic E-state index is -0.720. The van der Waals surface area contributed by atoms with Crippen LogP contribution in [0.3, 0.4) is 0 Å². The average Bonchev–Trinajstić information content (AvgIpc) is 3.11. The number of ketones is 1. The molecule has 1 atom stereocenters. The van der Waals surface area contributed by atoms with Crippen LogP contribution in [0, 0.1) is 0 Å². The minimum absolute atomic E-state index is 0.0336.